The van der Waals surface area contributed by atoms with Crippen molar-refractivity contribution in [2.24, 2.45) is 0 Å². The van der Waals surface area contributed by atoms with Crippen molar-refractivity contribution in [2.45, 2.75) is 0 Å². The van der Waals surface area contributed by atoms with Gasteiger partial charge in [0.2, 0.25) is 24.3 Å². The smallest absolute Gasteiger partial charge is 0.248 e. The fourth-order valence-corrected chi connectivity index (χ4v) is 2.69. The van der Waals surface area contributed by atoms with Gasteiger partial charge in [0.05, 0.1) is 21.3 Å². The van der Waals surface area contributed by atoms with Crippen LogP contribution in [-0.2, 0) is 0 Å². The van der Waals surface area contributed by atoms with Gasteiger partial charge in [-0.15, -0.1) is 10.2 Å². The predicted octanol–water partition coefficient (Wildman–Crippen LogP) is 3.16. The summed E-state index contributed by atoms with van der Waals surface area (Å²) in [5, 5.41) is 8.24. The summed E-state index contributed by atoms with van der Waals surface area (Å²) >= 11 is 0. The molecule has 1 aliphatic rings. The molecule has 0 radical (unpaired) electrons. The number of hydrogen-bond donors (Lipinski definition) is 0. The molecule has 1 aliphatic heterocycles. The minimum absolute atomic E-state index is 0.208. The van der Waals surface area contributed by atoms with Gasteiger partial charge < -0.3 is 28.1 Å². The molecule has 4 rings (SSSR count). The average molecular weight is 356 g/mol. The quantitative estimate of drug-likeness (QED) is 0.689. The number of rotatable bonds is 5. The second kappa shape index (κ2) is 6.47. The first-order chi connectivity index (χ1) is 12.7. The van der Waals surface area contributed by atoms with Crippen LogP contribution in [-0.4, -0.2) is 38.3 Å². The van der Waals surface area contributed by atoms with Crippen molar-refractivity contribution < 1.29 is 28.1 Å². The summed E-state index contributed by atoms with van der Waals surface area (Å²) in [5.41, 5.74) is 1.39. The average Bonchev–Trinajstić information content (AvgIpc) is 3.35. The molecule has 1 aromatic heterocycles. The first-order valence-corrected chi connectivity index (χ1v) is 7.77. The Hall–Kier alpha value is -3.42. The highest BCUT2D eigenvalue weighted by Gasteiger charge is 2.19. The third kappa shape index (κ3) is 2.65. The van der Waals surface area contributed by atoms with Crippen LogP contribution in [0.1, 0.15) is 0 Å². The van der Waals surface area contributed by atoms with E-state index in [1.807, 2.05) is 6.07 Å². The normalized spacial score (nSPS) is 12.1. The Balaban J connectivity index is 1.72. The maximum absolute atomic E-state index is 5.82. The van der Waals surface area contributed by atoms with Crippen LogP contribution in [0.15, 0.2) is 34.7 Å². The SMILES string of the molecule is COc1cc(-c2nnc(-c3ccc4c(c3)OCO4)o2)cc(OC)c1OC. The van der Waals surface area contributed by atoms with E-state index in [1.165, 1.54) is 0 Å². The van der Waals surface area contributed by atoms with Crippen LogP contribution >= 0.6 is 0 Å². The molecule has 0 unspecified atom stereocenters. The van der Waals surface area contributed by atoms with E-state index in [4.69, 9.17) is 28.1 Å². The fourth-order valence-electron chi connectivity index (χ4n) is 2.69. The number of hydrogen-bond acceptors (Lipinski definition) is 8. The topological polar surface area (TPSA) is 85.1 Å². The Kier molecular flexibility index (Phi) is 4.00. The van der Waals surface area contributed by atoms with Crippen LogP contribution in [0.4, 0.5) is 0 Å². The summed E-state index contributed by atoms with van der Waals surface area (Å²) in [6, 6.07) is 8.94. The van der Waals surface area contributed by atoms with E-state index in [2.05, 4.69) is 10.2 Å². The molecule has 8 heteroatoms. The van der Waals surface area contributed by atoms with E-state index in [1.54, 1.807) is 45.6 Å². The highest BCUT2D eigenvalue weighted by atomic mass is 16.7. The summed E-state index contributed by atoms with van der Waals surface area (Å²) in [7, 11) is 4.64. The van der Waals surface area contributed by atoms with Crippen LogP contribution in [0, 0.1) is 0 Å². The molecular weight excluding hydrogens is 340 g/mol. The third-order valence-electron chi connectivity index (χ3n) is 3.96. The van der Waals surface area contributed by atoms with Crippen molar-refractivity contribution in [3.63, 3.8) is 0 Å². The van der Waals surface area contributed by atoms with Gasteiger partial charge in [0.1, 0.15) is 0 Å². The number of aromatic nitrogens is 2. The van der Waals surface area contributed by atoms with Gasteiger partial charge in [-0.25, -0.2) is 0 Å². The lowest BCUT2D eigenvalue weighted by atomic mass is 10.2. The highest BCUT2D eigenvalue weighted by molar-refractivity contribution is 5.67. The number of methoxy groups -OCH3 is 3. The van der Waals surface area contributed by atoms with Gasteiger partial charge >= 0.3 is 0 Å². The lowest BCUT2D eigenvalue weighted by Gasteiger charge is -2.12. The lowest BCUT2D eigenvalue weighted by Crippen LogP contribution is -1.95. The molecule has 0 saturated heterocycles. The Labute approximate surface area is 149 Å². The molecule has 0 N–H and O–H groups in total. The molecule has 0 atom stereocenters. The van der Waals surface area contributed by atoms with Gasteiger partial charge in [-0.3, -0.25) is 0 Å². The molecular formula is C18H16N2O6. The van der Waals surface area contributed by atoms with Crippen molar-refractivity contribution >= 4 is 0 Å². The minimum atomic E-state index is 0.208. The second-order valence-corrected chi connectivity index (χ2v) is 5.39. The number of fused-ring (bicyclic) bond motifs is 1. The zero-order valence-electron chi connectivity index (χ0n) is 14.4. The summed E-state index contributed by atoms with van der Waals surface area (Å²) in [5.74, 6) is 3.54. The molecule has 2 heterocycles. The van der Waals surface area contributed by atoms with Gasteiger partial charge in [0.15, 0.2) is 23.0 Å². The number of benzene rings is 2. The molecule has 26 heavy (non-hydrogen) atoms. The molecule has 0 spiro atoms. The van der Waals surface area contributed by atoms with Crippen LogP contribution in [0.3, 0.4) is 0 Å². The van der Waals surface area contributed by atoms with E-state index in [0.29, 0.717) is 46.1 Å². The van der Waals surface area contributed by atoms with Gasteiger partial charge in [0, 0.05) is 11.1 Å². The molecule has 0 saturated carbocycles. The molecule has 0 fully saturated rings. The van der Waals surface area contributed by atoms with Crippen LogP contribution in [0.25, 0.3) is 22.9 Å². The maximum Gasteiger partial charge on any atom is 0.248 e. The second-order valence-electron chi connectivity index (χ2n) is 5.39. The molecule has 0 amide bonds. The Bertz CT molecular complexity index is 928. The Morgan fingerprint density at radius 2 is 1.42 bits per heavy atom. The third-order valence-corrected chi connectivity index (χ3v) is 3.96. The Morgan fingerprint density at radius 1 is 0.769 bits per heavy atom. The predicted molar refractivity (Wildman–Crippen MR) is 90.9 cm³/mol. The van der Waals surface area contributed by atoms with Crippen LogP contribution in [0.5, 0.6) is 28.7 Å². The summed E-state index contributed by atoms with van der Waals surface area (Å²) in [6.45, 7) is 0.208. The van der Waals surface area contributed by atoms with Crippen molar-refractivity contribution in [2.75, 3.05) is 28.1 Å². The van der Waals surface area contributed by atoms with E-state index in [-0.39, 0.29) is 6.79 Å². The fraction of sp³-hybridized carbons (Fsp3) is 0.222. The van der Waals surface area contributed by atoms with E-state index in [0.717, 1.165) is 5.56 Å². The largest absolute Gasteiger partial charge is 0.493 e. The maximum atomic E-state index is 5.82. The Morgan fingerprint density at radius 3 is 2.08 bits per heavy atom. The minimum Gasteiger partial charge on any atom is -0.493 e. The van der Waals surface area contributed by atoms with Crippen molar-refractivity contribution in [3.05, 3.63) is 30.3 Å². The summed E-state index contributed by atoms with van der Waals surface area (Å²) in [4.78, 5) is 0. The highest BCUT2D eigenvalue weighted by Crippen LogP contribution is 2.41. The molecule has 8 nitrogen and oxygen atoms in total. The van der Waals surface area contributed by atoms with Crippen molar-refractivity contribution in [3.8, 4) is 51.7 Å². The summed E-state index contributed by atoms with van der Waals surface area (Å²) < 4.78 is 32.5. The van der Waals surface area contributed by atoms with E-state index in [9.17, 15) is 0 Å². The van der Waals surface area contributed by atoms with Crippen molar-refractivity contribution in [1.29, 1.82) is 0 Å². The number of nitrogens with zero attached hydrogens (tertiary/aromatic N) is 2. The zero-order chi connectivity index (χ0) is 18.1. The summed E-state index contributed by atoms with van der Waals surface area (Å²) in [6.07, 6.45) is 0. The molecule has 134 valence electrons. The van der Waals surface area contributed by atoms with Gasteiger partial charge in [-0.2, -0.15) is 0 Å². The van der Waals surface area contributed by atoms with Crippen LogP contribution < -0.4 is 23.7 Å². The monoisotopic (exact) mass is 356 g/mol. The molecule has 2 aromatic carbocycles. The lowest BCUT2D eigenvalue weighted by molar-refractivity contribution is 0.174. The van der Waals surface area contributed by atoms with Crippen LogP contribution in [0.2, 0.25) is 0 Å². The van der Waals surface area contributed by atoms with Crippen molar-refractivity contribution in [1.82, 2.24) is 10.2 Å². The van der Waals surface area contributed by atoms with E-state index >= 15 is 0 Å². The molecule has 3 aromatic rings. The van der Waals surface area contributed by atoms with Gasteiger partial charge in [-0.05, 0) is 30.3 Å². The number of ether oxygens (including phenoxy) is 5. The van der Waals surface area contributed by atoms with Gasteiger partial charge in [-0.1, -0.05) is 0 Å². The van der Waals surface area contributed by atoms with E-state index < -0.39 is 0 Å². The zero-order valence-corrected chi connectivity index (χ0v) is 14.4. The molecule has 0 bridgehead atoms. The first kappa shape index (κ1) is 16.1. The standard InChI is InChI=1S/C18H16N2O6/c1-21-14-7-11(8-15(22-2)16(14)23-3)18-20-19-17(26-18)10-4-5-12-13(6-10)25-9-24-12/h4-8H,9H2,1-3H3. The van der Waals surface area contributed by atoms with Gasteiger partial charge in [0.25, 0.3) is 0 Å². The first-order valence-electron chi connectivity index (χ1n) is 7.77. The molecule has 0 aliphatic carbocycles.